The molecule has 0 amide bonds. The summed E-state index contributed by atoms with van der Waals surface area (Å²) in [6.07, 6.45) is 0. The third-order valence-electron chi connectivity index (χ3n) is 7.45. The van der Waals surface area contributed by atoms with Gasteiger partial charge in [-0.15, -0.1) is 0 Å². The Kier molecular flexibility index (Phi) is 6.88. The van der Waals surface area contributed by atoms with Crippen molar-refractivity contribution < 1.29 is 0 Å². The maximum Gasteiger partial charge on any atom is 0.0972 e. The van der Waals surface area contributed by atoms with Crippen molar-refractivity contribution >= 4 is 33.2 Å². The fraction of sp³-hybridized carbons (Fsp3) is 0.286. The molecule has 0 bridgehead atoms. The van der Waals surface area contributed by atoms with Crippen molar-refractivity contribution in [1.29, 1.82) is 0 Å². The number of hydrogen-bond donors (Lipinski definition) is 0. The van der Waals surface area contributed by atoms with Gasteiger partial charge in [0.25, 0.3) is 0 Å². The second kappa shape index (κ2) is 10.1. The number of nitrogens with zero attached hydrogens (tertiary/aromatic N) is 3. The van der Waals surface area contributed by atoms with Crippen molar-refractivity contribution in [2.75, 3.05) is 0 Å². The Morgan fingerprint density at radius 3 is 1.79 bits per heavy atom. The highest BCUT2D eigenvalue weighted by atomic mass is 14.8. The van der Waals surface area contributed by atoms with Crippen LogP contribution in [-0.4, -0.2) is 15.7 Å². The van der Waals surface area contributed by atoms with E-state index in [1.54, 1.807) is 0 Å². The maximum absolute atomic E-state index is 5.19. The van der Waals surface area contributed by atoms with Crippen LogP contribution < -0.4 is 0 Å². The average molecular weight is 500 g/mol. The quantitative estimate of drug-likeness (QED) is 0.178. The minimum atomic E-state index is 0.394. The Labute approximate surface area is 226 Å². The molecule has 3 aromatic carbocycles. The number of para-hydroxylation sites is 1. The third kappa shape index (κ3) is 4.74. The van der Waals surface area contributed by atoms with E-state index in [-0.39, 0.29) is 0 Å². The van der Waals surface area contributed by atoms with Crippen LogP contribution in [0, 0.1) is 20.8 Å². The molecule has 5 aromatic rings. The molecule has 192 valence electrons. The highest BCUT2D eigenvalue weighted by molar-refractivity contribution is 6.06. The van der Waals surface area contributed by atoms with Gasteiger partial charge in [-0.3, -0.25) is 4.99 Å². The Bertz CT molecular complexity index is 1660. The zero-order chi connectivity index (χ0) is 27.1. The van der Waals surface area contributed by atoms with Crippen molar-refractivity contribution in [3.05, 3.63) is 100 Å². The minimum absolute atomic E-state index is 0.394. The molecule has 0 atom stereocenters. The third-order valence-corrected chi connectivity index (χ3v) is 7.45. The molecular weight excluding hydrogens is 462 g/mol. The Hall–Kier alpha value is -3.85. The lowest BCUT2D eigenvalue weighted by atomic mass is 9.93. The van der Waals surface area contributed by atoms with Crippen LogP contribution in [0.3, 0.4) is 0 Å². The second-order valence-corrected chi connectivity index (χ2v) is 11.2. The molecule has 0 radical (unpaired) electrons. The number of benzene rings is 3. The number of hydrogen-bond acceptors (Lipinski definition) is 3. The fourth-order valence-electron chi connectivity index (χ4n) is 5.56. The lowest BCUT2D eigenvalue weighted by Crippen LogP contribution is -2.02. The van der Waals surface area contributed by atoms with Crippen molar-refractivity contribution in [2.24, 2.45) is 4.99 Å². The van der Waals surface area contributed by atoms with E-state index in [1.165, 1.54) is 33.4 Å². The van der Waals surface area contributed by atoms with Gasteiger partial charge in [-0.25, -0.2) is 9.97 Å². The molecule has 38 heavy (non-hydrogen) atoms. The van der Waals surface area contributed by atoms with Crippen LogP contribution >= 0.6 is 0 Å². The molecule has 5 rings (SSSR count). The van der Waals surface area contributed by atoms with E-state index >= 15 is 0 Å². The molecule has 0 unspecified atom stereocenters. The highest BCUT2D eigenvalue weighted by Crippen LogP contribution is 2.35. The Morgan fingerprint density at radius 1 is 0.684 bits per heavy atom. The van der Waals surface area contributed by atoms with Crippen LogP contribution in [-0.2, 0) is 0 Å². The van der Waals surface area contributed by atoms with Crippen LogP contribution in [0.15, 0.2) is 71.7 Å². The summed E-state index contributed by atoms with van der Waals surface area (Å²) in [5, 5.41) is 2.18. The van der Waals surface area contributed by atoms with E-state index in [4.69, 9.17) is 15.0 Å². The predicted octanol–water partition coefficient (Wildman–Crippen LogP) is 9.76. The predicted molar refractivity (Wildman–Crippen MR) is 163 cm³/mol. The standard InChI is InChI=1S/C35H37N3/c1-20(2)28-10-9-11-29(21(3)4)35(28)36-25(8)30-16-14-26-12-13-27-15-17-31(38-34(27)33(26)37-30)32-23(6)18-22(5)19-24(32)7/h9-21H,1-8H3. The van der Waals surface area contributed by atoms with Crippen LogP contribution in [0.2, 0.25) is 0 Å². The average Bonchev–Trinajstić information content (AvgIpc) is 2.87. The first-order chi connectivity index (χ1) is 18.1. The van der Waals surface area contributed by atoms with E-state index in [9.17, 15) is 0 Å². The Balaban J connectivity index is 1.68. The van der Waals surface area contributed by atoms with Gasteiger partial charge < -0.3 is 0 Å². The van der Waals surface area contributed by atoms with Gasteiger partial charge in [0, 0.05) is 16.3 Å². The van der Waals surface area contributed by atoms with E-state index in [1.807, 2.05) is 0 Å². The number of aromatic nitrogens is 2. The van der Waals surface area contributed by atoms with Gasteiger partial charge in [-0.2, -0.15) is 0 Å². The number of aliphatic imine (C=N–C) groups is 1. The van der Waals surface area contributed by atoms with Crippen molar-refractivity contribution in [1.82, 2.24) is 9.97 Å². The summed E-state index contributed by atoms with van der Waals surface area (Å²) >= 11 is 0. The van der Waals surface area contributed by atoms with Gasteiger partial charge in [-0.1, -0.05) is 87.9 Å². The lowest BCUT2D eigenvalue weighted by Gasteiger charge is -2.17. The molecule has 0 N–H and O–H groups in total. The van der Waals surface area contributed by atoms with Gasteiger partial charge in [0.2, 0.25) is 0 Å². The summed E-state index contributed by atoms with van der Waals surface area (Å²) < 4.78 is 0. The zero-order valence-electron chi connectivity index (χ0n) is 23.8. The SMILES string of the molecule is CC(=Nc1c(C(C)C)cccc1C(C)C)c1ccc2ccc3ccc(-c4c(C)cc(C)cc4C)nc3c2n1. The van der Waals surface area contributed by atoms with E-state index in [0.717, 1.165) is 44.6 Å². The largest absolute Gasteiger partial charge is 0.251 e. The van der Waals surface area contributed by atoms with Gasteiger partial charge in [0.1, 0.15) is 0 Å². The van der Waals surface area contributed by atoms with Crippen LogP contribution in [0.4, 0.5) is 5.69 Å². The zero-order valence-corrected chi connectivity index (χ0v) is 23.8. The maximum atomic E-state index is 5.19. The molecule has 3 heteroatoms. The number of aryl methyl sites for hydroxylation is 3. The summed E-state index contributed by atoms with van der Waals surface area (Å²) in [7, 11) is 0. The smallest absolute Gasteiger partial charge is 0.0972 e. The molecule has 2 aromatic heterocycles. The molecule has 3 nitrogen and oxygen atoms in total. The van der Waals surface area contributed by atoms with Crippen molar-refractivity contribution in [3.8, 4) is 11.3 Å². The van der Waals surface area contributed by atoms with Gasteiger partial charge >= 0.3 is 0 Å². The van der Waals surface area contributed by atoms with Gasteiger partial charge in [0.15, 0.2) is 0 Å². The molecule has 2 heterocycles. The Morgan fingerprint density at radius 2 is 1.21 bits per heavy atom. The number of rotatable bonds is 5. The van der Waals surface area contributed by atoms with Crippen molar-refractivity contribution in [3.63, 3.8) is 0 Å². The van der Waals surface area contributed by atoms with E-state index in [2.05, 4.69) is 122 Å². The van der Waals surface area contributed by atoms with E-state index < -0.39 is 0 Å². The summed E-state index contributed by atoms with van der Waals surface area (Å²) in [4.78, 5) is 15.5. The molecule has 0 aliphatic heterocycles. The summed E-state index contributed by atoms with van der Waals surface area (Å²) in [6.45, 7) is 17.5. The normalized spacial score (nSPS) is 12.3. The second-order valence-electron chi connectivity index (χ2n) is 11.2. The summed E-state index contributed by atoms with van der Waals surface area (Å²) in [5.74, 6) is 0.787. The monoisotopic (exact) mass is 499 g/mol. The van der Waals surface area contributed by atoms with Crippen LogP contribution in [0.5, 0.6) is 0 Å². The van der Waals surface area contributed by atoms with Gasteiger partial charge in [0.05, 0.1) is 33.8 Å². The molecule has 0 saturated heterocycles. The lowest BCUT2D eigenvalue weighted by molar-refractivity contribution is 0.834. The first kappa shape index (κ1) is 25.8. The summed E-state index contributed by atoms with van der Waals surface area (Å²) in [5.41, 5.74) is 13.2. The molecule has 0 saturated carbocycles. The number of fused-ring (bicyclic) bond motifs is 3. The first-order valence-corrected chi connectivity index (χ1v) is 13.6. The first-order valence-electron chi connectivity index (χ1n) is 13.6. The van der Waals surface area contributed by atoms with Crippen molar-refractivity contribution in [2.45, 2.75) is 67.2 Å². The number of pyridine rings is 2. The fourth-order valence-corrected chi connectivity index (χ4v) is 5.56. The van der Waals surface area contributed by atoms with Gasteiger partial charge in [-0.05, 0) is 73.9 Å². The topological polar surface area (TPSA) is 38.1 Å². The minimum Gasteiger partial charge on any atom is -0.251 e. The molecular formula is C35H37N3. The molecule has 0 spiro atoms. The molecule has 0 aliphatic carbocycles. The van der Waals surface area contributed by atoms with Crippen LogP contribution in [0.25, 0.3) is 33.1 Å². The highest BCUT2D eigenvalue weighted by Gasteiger charge is 2.15. The van der Waals surface area contributed by atoms with E-state index in [0.29, 0.717) is 11.8 Å². The van der Waals surface area contributed by atoms with Crippen LogP contribution in [0.1, 0.15) is 80.0 Å². The molecule has 0 fully saturated rings. The summed E-state index contributed by atoms with van der Waals surface area (Å²) in [6, 6.07) is 23.8. The molecule has 0 aliphatic rings.